The zero-order valence-corrected chi connectivity index (χ0v) is 13.1. The molecule has 3 heteroatoms. The van der Waals surface area contributed by atoms with Gasteiger partial charge in [-0.25, -0.2) is 0 Å². The van der Waals surface area contributed by atoms with Crippen molar-refractivity contribution in [2.24, 2.45) is 5.73 Å². The van der Waals surface area contributed by atoms with E-state index in [1.807, 2.05) is 13.0 Å². The van der Waals surface area contributed by atoms with Gasteiger partial charge in [0.25, 0.3) is 0 Å². The Morgan fingerprint density at radius 1 is 1.14 bits per heavy atom. The SMILES string of the molecule is C[C@@H](N)c1ccc(N2CCCc3ccccc3C2)c(Cl)c1. The maximum absolute atomic E-state index is 6.49. The first-order valence-corrected chi connectivity index (χ1v) is 7.89. The first-order valence-electron chi connectivity index (χ1n) is 7.52. The second kappa shape index (κ2) is 6.08. The standard InChI is InChI=1S/C18H21ClN2/c1-13(20)15-8-9-18(17(19)11-15)21-10-4-7-14-5-2-3-6-16(14)12-21/h2-3,5-6,8-9,11,13H,4,7,10,12,20H2,1H3/t13-/m1/s1. The van der Waals surface area contributed by atoms with Gasteiger partial charge < -0.3 is 10.6 Å². The average molecular weight is 301 g/mol. The molecular weight excluding hydrogens is 280 g/mol. The van der Waals surface area contributed by atoms with E-state index in [4.69, 9.17) is 17.3 Å². The minimum atomic E-state index is 0.0152. The minimum absolute atomic E-state index is 0.0152. The molecule has 2 nitrogen and oxygen atoms in total. The molecule has 1 aliphatic heterocycles. The van der Waals surface area contributed by atoms with Gasteiger partial charge in [-0.3, -0.25) is 0 Å². The summed E-state index contributed by atoms with van der Waals surface area (Å²) in [5.74, 6) is 0. The molecule has 0 radical (unpaired) electrons. The van der Waals surface area contributed by atoms with E-state index < -0.39 is 0 Å². The van der Waals surface area contributed by atoms with Gasteiger partial charge >= 0.3 is 0 Å². The molecule has 0 unspecified atom stereocenters. The van der Waals surface area contributed by atoms with Gasteiger partial charge in [0.1, 0.15) is 0 Å². The molecule has 0 amide bonds. The van der Waals surface area contributed by atoms with E-state index in [0.29, 0.717) is 0 Å². The molecule has 1 heterocycles. The molecule has 0 saturated heterocycles. The first-order chi connectivity index (χ1) is 10.1. The van der Waals surface area contributed by atoms with Crippen molar-refractivity contribution in [3.05, 3.63) is 64.2 Å². The molecule has 0 spiro atoms. The van der Waals surface area contributed by atoms with E-state index in [1.54, 1.807) is 0 Å². The van der Waals surface area contributed by atoms with Crippen LogP contribution in [-0.2, 0) is 13.0 Å². The third-order valence-electron chi connectivity index (χ3n) is 4.19. The van der Waals surface area contributed by atoms with Gasteiger partial charge in [-0.15, -0.1) is 0 Å². The second-order valence-corrected chi connectivity index (χ2v) is 6.20. The lowest BCUT2D eigenvalue weighted by Gasteiger charge is -2.25. The number of nitrogens with zero attached hydrogens (tertiary/aromatic N) is 1. The molecule has 0 aliphatic carbocycles. The third kappa shape index (κ3) is 3.07. The number of fused-ring (bicyclic) bond motifs is 1. The second-order valence-electron chi connectivity index (χ2n) is 5.79. The van der Waals surface area contributed by atoms with E-state index >= 15 is 0 Å². The van der Waals surface area contributed by atoms with Crippen molar-refractivity contribution >= 4 is 17.3 Å². The Hall–Kier alpha value is -1.51. The fourth-order valence-electron chi connectivity index (χ4n) is 2.97. The Labute approximate surface area is 131 Å². The van der Waals surface area contributed by atoms with Crippen molar-refractivity contribution in [2.45, 2.75) is 32.4 Å². The van der Waals surface area contributed by atoms with Crippen LogP contribution in [0.4, 0.5) is 5.69 Å². The Morgan fingerprint density at radius 2 is 1.90 bits per heavy atom. The highest BCUT2D eigenvalue weighted by Crippen LogP contribution is 2.31. The largest absolute Gasteiger partial charge is 0.366 e. The fourth-order valence-corrected chi connectivity index (χ4v) is 3.28. The van der Waals surface area contributed by atoms with Crippen molar-refractivity contribution < 1.29 is 0 Å². The van der Waals surface area contributed by atoms with E-state index in [0.717, 1.165) is 42.2 Å². The summed E-state index contributed by atoms with van der Waals surface area (Å²) in [5.41, 5.74) is 11.0. The van der Waals surface area contributed by atoms with Crippen LogP contribution in [0.1, 0.15) is 36.1 Å². The third-order valence-corrected chi connectivity index (χ3v) is 4.49. The summed E-state index contributed by atoms with van der Waals surface area (Å²) in [7, 11) is 0. The van der Waals surface area contributed by atoms with Crippen LogP contribution in [-0.4, -0.2) is 6.54 Å². The molecule has 3 rings (SSSR count). The first kappa shape index (κ1) is 14.4. The summed E-state index contributed by atoms with van der Waals surface area (Å²) in [6.45, 7) is 3.94. The van der Waals surface area contributed by atoms with Gasteiger partial charge in [0.05, 0.1) is 10.7 Å². The lowest BCUT2D eigenvalue weighted by atomic mass is 10.0. The fraction of sp³-hybridized carbons (Fsp3) is 0.333. The zero-order chi connectivity index (χ0) is 14.8. The van der Waals surface area contributed by atoms with Crippen LogP contribution in [0.25, 0.3) is 0 Å². The molecule has 0 fully saturated rings. The van der Waals surface area contributed by atoms with Crippen molar-refractivity contribution in [1.29, 1.82) is 0 Å². The maximum atomic E-state index is 6.49. The Kier molecular flexibility index (Phi) is 4.18. The molecule has 21 heavy (non-hydrogen) atoms. The Bertz CT molecular complexity index is 637. The van der Waals surface area contributed by atoms with Crippen LogP contribution in [0.5, 0.6) is 0 Å². The molecule has 1 atom stereocenters. The zero-order valence-electron chi connectivity index (χ0n) is 12.3. The predicted octanol–water partition coefficient (Wildman–Crippen LogP) is 4.31. The molecule has 1 aliphatic rings. The molecule has 0 aromatic heterocycles. The van der Waals surface area contributed by atoms with Crippen LogP contribution in [0.2, 0.25) is 5.02 Å². The minimum Gasteiger partial charge on any atom is -0.366 e. The highest BCUT2D eigenvalue weighted by molar-refractivity contribution is 6.33. The summed E-state index contributed by atoms with van der Waals surface area (Å²) in [6.07, 6.45) is 2.30. The van der Waals surface area contributed by atoms with Gasteiger partial charge in [0.2, 0.25) is 0 Å². The van der Waals surface area contributed by atoms with Crippen molar-refractivity contribution in [1.82, 2.24) is 0 Å². The van der Waals surface area contributed by atoms with Crippen molar-refractivity contribution in [2.75, 3.05) is 11.4 Å². The molecule has 2 aromatic rings. The number of halogens is 1. The smallest absolute Gasteiger partial charge is 0.0643 e. The Morgan fingerprint density at radius 3 is 2.62 bits per heavy atom. The van der Waals surface area contributed by atoms with Gasteiger partial charge in [-0.05, 0) is 48.6 Å². The number of hydrogen-bond donors (Lipinski definition) is 1. The molecular formula is C18H21ClN2. The summed E-state index contributed by atoms with van der Waals surface area (Å²) in [5, 5.41) is 0.796. The van der Waals surface area contributed by atoms with Gasteiger partial charge in [0.15, 0.2) is 0 Å². The van der Waals surface area contributed by atoms with Crippen molar-refractivity contribution in [3.63, 3.8) is 0 Å². The van der Waals surface area contributed by atoms with Crippen LogP contribution in [0.15, 0.2) is 42.5 Å². The molecule has 2 N–H and O–H groups in total. The monoisotopic (exact) mass is 300 g/mol. The highest BCUT2D eigenvalue weighted by atomic mass is 35.5. The number of rotatable bonds is 2. The molecule has 2 aromatic carbocycles. The number of anilines is 1. The quantitative estimate of drug-likeness (QED) is 0.895. The summed E-state index contributed by atoms with van der Waals surface area (Å²) >= 11 is 6.49. The van der Waals surface area contributed by atoms with E-state index in [-0.39, 0.29) is 6.04 Å². The Balaban J connectivity index is 1.91. The lowest BCUT2D eigenvalue weighted by Crippen LogP contribution is -2.23. The predicted molar refractivity (Wildman–Crippen MR) is 89.9 cm³/mol. The van der Waals surface area contributed by atoms with Crippen LogP contribution >= 0.6 is 11.6 Å². The average Bonchev–Trinajstić information content (AvgIpc) is 2.69. The van der Waals surface area contributed by atoms with Gasteiger partial charge in [0, 0.05) is 19.1 Å². The normalized spacial score (nSPS) is 16.2. The maximum Gasteiger partial charge on any atom is 0.0643 e. The molecule has 0 bridgehead atoms. The molecule has 110 valence electrons. The van der Waals surface area contributed by atoms with Crippen molar-refractivity contribution in [3.8, 4) is 0 Å². The number of benzene rings is 2. The lowest BCUT2D eigenvalue weighted by molar-refractivity contribution is 0.764. The molecule has 0 saturated carbocycles. The van der Waals surface area contributed by atoms with E-state index in [9.17, 15) is 0 Å². The summed E-state index contributed by atoms with van der Waals surface area (Å²) in [6, 6.07) is 14.9. The van der Waals surface area contributed by atoms with Gasteiger partial charge in [-0.2, -0.15) is 0 Å². The van der Waals surface area contributed by atoms with Crippen LogP contribution < -0.4 is 10.6 Å². The summed E-state index contributed by atoms with van der Waals surface area (Å²) in [4.78, 5) is 2.37. The number of aryl methyl sites for hydroxylation is 1. The topological polar surface area (TPSA) is 29.3 Å². The van der Waals surface area contributed by atoms with Gasteiger partial charge in [-0.1, -0.05) is 41.9 Å². The number of hydrogen-bond acceptors (Lipinski definition) is 2. The number of nitrogens with two attached hydrogens (primary N) is 1. The van der Waals surface area contributed by atoms with E-state index in [2.05, 4.69) is 41.3 Å². The summed E-state index contributed by atoms with van der Waals surface area (Å²) < 4.78 is 0. The highest BCUT2D eigenvalue weighted by Gasteiger charge is 2.17. The van der Waals surface area contributed by atoms with Crippen LogP contribution in [0, 0.1) is 0 Å². The van der Waals surface area contributed by atoms with E-state index in [1.165, 1.54) is 11.1 Å². The van der Waals surface area contributed by atoms with Crippen LogP contribution in [0.3, 0.4) is 0 Å².